The van der Waals surface area contributed by atoms with Crippen LogP contribution in [0.15, 0.2) is 54.6 Å². The zero-order valence-corrected chi connectivity index (χ0v) is 17.3. The van der Waals surface area contributed by atoms with Gasteiger partial charge in [0.1, 0.15) is 0 Å². The zero-order valence-electron chi connectivity index (χ0n) is 16.6. The van der Waals surface area contributed by atoms with Gasteiger partial charge >= 0.3 is 0 Å². The number of aryl methyl sites for hydroxylation is 1. The molecular formula is C24H31ClN2. The Labute approximate surface area is 169 Å². The summed E-state index contributed by atoms with van der Waals surface area (Å²) < 4.78 is 0. The van der Waals surface area contributed by atoms with E-state index in [-0.39, 0.29) is 0 Å². The van der Waals surface area contributed by atoms with Crippen molar-refractivity contribution in [2.75, 3.05) is 19.6 Å². The Hall–Kier alpha value is -1.82. The molecule has 1 aliphatic carbocycles. The maximum Gasteiger partial charge on any atom is 0.0587 e. The monoisotopic (exact) mass is 382 g/mol. The Morgan fingerprint density at radius 1 is 1.00 bits per heavy atom. The summed E-state index contributed by atoms with van der Waals surface area (Å²) in [7, 11) is 0. The lowest BCUT2D eigenvalue weighted by molar-refractivity contribution is 0.288. The second kappa shape index (κ2) is 11.8. The van der Waals surface area contributed by atoms with Gasteiger partial charge < -0.3 is 4.90 Å². The Morgan fingerprint density at radius 3 is 2.15 bits per heavy atom. The molecule has 3 rings (SSSR count). The maximum atomic E-state index is 7.32. The first kappa shape index (κ1) is 21.5. The van der Waals surface area contributed by atoms with Gasteiger partial charge in [0, 0.05) is 24.8 Å². The molecule has 0 spiro atoms. The summed E-state index contributed by atoms with van der Waals surface area (Å²) in [5, 5.41) is 7.69. The number of halogens is 1. The molecule has 1 aliphatic rings. The van der Waals surface area contributed by atoms with E-state index in [1.807, 2.05) is 0 Å². The van der Waals surface area contributed by atoms with Crippen molar-refractivity contribution in [3.8, 4) is 6.07 Å². The molecule has 0 radical (unpaired) electrons. The summed E-state index contributed by atoms with van der Waals surface area (Å²) in [6, 6.07) is 21.7. The fourth-order valence-electron chi connectivity index (χ4n) is 3.31. The van der Waals surface area contributed by atoms with Crippen LogP contribution in [-0.2, 0) is 12.8 Å². The van der Waals surface area contributed by atoms with Crippen molar-refractivity contribution < 1.29 is 0 Å². The van der Waals surface area contributed by atoms with E-state index < -0.39 is 0 Å². The number of nitrogens with zero attached hydrogens (tertiary/aromatic N) is 2. The second-order valence-electron chi connectivity index (χ2n) is 7.10. The van der Waals surface area contributed by atoms with Crippen LogP contribution in [0.4, 0.5) is 0 Å². The quantitative estimate of drug-likeness (QED) is 0.512. The molecule has 0 amide bonds. The van der Waals surface area contributed by atoms with Crippen LogP contribution in [-0.4, -0.2) is 29.9 Å². The molecule has 0 saturated heterocycles. The van der Waals surface area contributed by atoms with E-state index in [2.05, 4.69) is 66.4 Å². The lowest BCUT2D eigenvalue weighted by atomic mass is 10.0. The number of benzene rings is 2. The molecule has 0 aliphatic heterocycles. The number of alkyl halides is 1. The molecule has 27 heavy (non-hydrogen) atoms. The van der Waals surface area contributed by atoms with E-state index in [0.29, 0.717) is 11.3 Å². The molecule has 0 N–H and O–H groups in total. The minimum absolute atomic E-state index is 0.374. The standard InChI is InChI=1S/C22H28ClN.C2H3N/c1-2-24(16-14-18-7-4-3-5-8-18)15-6-9-19-10-12-20(13-11-19)21-17-22(21)23;1-2-3/h3-5,7-8,10-13,21-22H,2,6,9,14-17H2,1H3;1H3. The normalized spacial score (nSPS) is 17.7. The van der Waals surface area contributed by atoms with E-state index in [9.17, 15) is 0 Å². The molecule has 0 heterocycles. The first-order valence-electron chi connectivity index (χ1n) is 9.98. The van der Waals surface area contributed by atoms with Crippen LogP contribution in [0, 0.1) is 11.3 Å². The largest absolute Gasteiger partial charge is 0.303 e. The SMILES string of the molecule is CC#N.CCN(CCCc1ccc(C2CC2Cl)cc1)CCc1ccccc1. The topological polar surface area (TPSA) is 27.0 Å². The average Bonchev–Trinajstić information content (AvgIpc) is 3.43. The number of nitriles is 1. The minimum atomic E-state index is 0.374. The lowest BCUT2D eigenvalue weighted by Gasteiger charge is -2.20. The summed E-state index contributed by atoms with van der Waals surface area (Å²) in [4.78, 5) is 2.56. The van der Waals surface area contributed by atoms with Crippen LogP contribution < -0.4 is 0 Å². The van der Waals surface area contributed by atoms with Crippen molar-refractivity contribution in [1.29, 1.82) is 5.26 Å². The van der Waals surface area contributed by atoms with Crippen LogP contribution in [0.5, 0.6) is 0 Å². The molecule has 0 bridgehead atoms. The number of hydrogen-bond acceptors (Lipinski definition) is 2. The Kier molecular flexibility index (Phi) is 9.39. The van der Waals surface area contributed by atoms with Crippen LogP contribution in [0.1, 0.15) is 49.3 Å². The Bertz CT molecular complexity index is 691. The van der Waals surface area contributed by atoms with Gasteiger partial charge in [-0.1, -0.05) is 61.5 Å². The summed E-state index contributed by atoms with van der Waals surface area (Å²) in [6.07, 6.45) is 4.68. The summed E-state index contributed by atoms with van der Waals surface area (Å²) in [5.41, 5.74) is 4.30. The molecular weight excluding hydrogens is 352 g/mol. The minimum Gasteiger partial charge on any atom is -0.303 e. The third-order valence-electron chi connectivity index (χ3n) is 5.07. The van der Waals surface area contributed by atoms with Gasteiger partial charge in [-0.2, -0.15) is 5.26 Å². The molecule has 3 heteroatoms. The molecule has 2 atom stereocenters. The Balaban J connectivity index is 0.000000817. The van der Waals surface area contributed by atoms with Crippen molar-refractivity contribution >= 4 is 11.6 Å². The molecule has 0 aromatic heterocycles. The average molecular weight is 383 g/mol. The zero-order chi connectivity index (χ0) is 19.5. The smallest absolute Gasteiger partial charge is 0.0587 e. The lowest BCUT2D eigenvalue weighted by Crippen LogP contribution is -2.27. The van der Waals surface area contributed by atoms with Gasteiger partial charge in [0.2, 0.25) is 0 Å². The number of rotatable bonds is 9. The van der Waals surface area contributed by atoms with Crippen molar-refractivity contribution in [3.63, 3.8) is 0 Å². The van der Waals surface area contributed by atoms with Crippen molar-refractivity contribution in [3.05, 3.63) is 71.3 Å². The van der Waals surface area contributed by atoms with Gasteiger partial charge in [-0.15, -0.1) is 11.6 Å². The third-order valence-corrected chi connectivity index (χ3v) is 5.55. The van der Waals surface area contributed by atoms with Crippen molar-refractivity contribution in [1.82, 2.24) is 4.90 Å². The third kappa shape index (κ3) is 7.75. The molecule has 2 unspecified atom stereocenters. The summed E-state index contributed by atoms with van der Waals surface area (Å²) in [5.74, 6) is 0.606. The van der Waals surface area contributed by atoms with E-state index >= 15 is 0 Å². The van der Waals surface area contributed by atoms with Gasteiger partial charge in [-0.25, -0.2) is 0 Å². The molecule has 1 saturated carbocycles. The summed E-state index contributed by atoms with van der Waals surface area (Å²) >= 11 is 6.13. The van der Waals surface area contributed by atoms with E-state index in [1.165, 1.54) is 36.6 Å². The molecule has 2 aromatic carbocycles. The highest BCUT2D eigenvalue weighted by Gasteiger charge is 2.36. The predicted octanol–water partition coefficient (Wildman–Crippen LogP) is 5.81. The van der Waals surface area contributed by atoms with Crippen LogP contribution in [0.2, 0.25) is 0 Å². The van der Waals surface area contributed by atoms with Crippen molar-refractivity contribution in [2.24, 2.45) is 0 Å². The molecule has 144 valence electrons. The Morgan fingerprint density at radius 2 is 1.59 bits per heavy atom. The van der Waals surface area contributed by atoms with E-state index in [0.717, 1.165) is 32.4 Å². The highest BCUT2D eigenvalue weighted by atomic mass is 35.5. The number of hydrogen-bond donors (Lipinski definition) is 0. The molecule has 1 fully saturated rings. The van der Waals surface area contributed by atoms with Gasteiger partial charge in [-0.3, -0.25) is 0 Å². The highest BCUT2D eigenvalue weighted by molar-refractivity contribution is 6.23. The van der Waals surface area contributed by atoms with Gasteiger partial charge in [0.15, 0.2) is 0 Å². The highest BCUT2D eigenvalue weighted by Crippen LogP contribution is 2.45. The predicted molar refractivity (Wildman–Crippen MR) is 115 cm³/mol. The van der Waals surface area contributed by atoms with Crippen LogP contribution >= 0.6 is 11.6 Å². The number of likely N-dealkylation sites (N-methyl/N-ethyl adjacent to an activating group) is 1. The van der Waals surface area contributed by atoms with Gasteiger partial charge in [0.25, 0.3) is 0 Å². The fourth-order valence-corrected chi connectivity index (χ4v) is 3.64. The molecule has 2 aromatic rings. The summed E-state index contributed by atoms with van der Waals surface area (Å²) in [6.45, 7) is 7.15. The second-order valence-corrected chi connectivity index (χ2v) is 7.66. The van der Waals surface area contributed by atoms with Gasteiger partial charge in [-0.05, 0) is 55.5 Å². The van der Waals surface area contributed by atoms with Gasteiger partial charge in [0.05, 0.1) is 6.07 Å². The fraction of sp³-hybridized carbons (Fsp3) is 0.458. The molecule has 2 nitrogen and oxygen atoms in total. The van der Waals surface area contributed by atoms with E-state index in [4.69, 9.17) is 16.9 Å². The van der Waals surface area contributed by atoms with Crippen LogP contribution in [0.3, 0.4) is 0 Å². The maximum absolute atomic E-state index is 7.32. The van der Waals surface area contributed by atoms with Crippen LogP contribution in [0.25, 0.3) is 0 Å². The first-order valence-corrected chi connectivity index (χ1v) is 10.4. The first-order chi connectivity index (χ1) is 13.2. The van der Waals surface area contributed by atoms with Crippen molar-refractivity contribution in [2.45, 2.75) is 50.8 Å². The van der Waals surface area contributed by atoms with E-state index in [1.54, 1.807) is 6.07 Å².